The van der Waals surface area contributed by atoms with Gasteiger partial charge >= 0.3 is 0 Å². The standard InChI is InChI=1S/C16H22Cl2N2O/c17-13-4-2-5-14(18)16(13)21-8-7-20-9-11-3-1-6-15(19)12(11)10-20/h2,4-5,11-12,15H,1,3,6-10,19H2. The molecule has 0 aromatic heterocycles. The minimum atomic E-state index is 0.382. The van der Waals surface area contributed by atoms with Crippen LogP contribution in [0.5, 0.6) is 5.75 Å². The number of likely N-dealkylation sites (tertiary alicyclic amines) is 1. The molecule has 1 saturated heterocycles. The molecule has 2 aliphatic rings. The van der Waals surface area contributed by atoms with E-state index in [0.717, 1.165) is 25.6 Å². The first-order valence-corrected chi connectivity index (χ1v) is 8.45. The number of hydrogen-bond donors (Lipinski definition) is 1. The summed E-state index contributed by atoms with van der Waals surface area (Å²) in [5, 5.41) is 1.14. The van der Waals surface area contributed by atoms with Crippen LogP contribution in [0.4, 0.5) is 0 Å². The summed E-state index contributed by atoms with van der Waals surface area (Å²) >= 11 is 12.2. The smallest absolute Gasteiger partial charge is 0.156 e. The van der Waals surface area contributed by atoms with E-state index in [-0.39, 0.29) is 0 Å². The quantitative estimate of drug-likeness (QED) is 0.920. The molecule has 0 radical (unpaired) electrons. The van der Waals surface area contributed by atoms with E-state index in [1.165, 1.54) is 19.3 Å². The summed E-state index contributed by atoms with van der Waals surface area (Å²) in [7, 11) is 0. The molecule has 5 heteroatoms. The van der Waals surface area contributed by atoms with E-state index in [4.69, 9.17) is 33.7 Å². The van der Waals surface area contributed by atoms with Gasteiger partial charge in [0.1, 0.15) is 6.61 Å². The van der Waals surface area contributed by atoms with E-state index in [2.05, 4.69) is 4.90 Å². The summed E-state index contributed by atoms with van der Waals surface area (Å²) in [6.07, 6.45) is 3.79. The first-order chi connectivity index (χ1) is 10.1. The molecule has 0 spiro atoms. The van der Waals surface area contributed by atoms with Gasteiger partial charge in [-0.15, -0.1) is 0 Å². The molecular formula is C16H22Cl2N2O. The number of hydrogen-bond acceptors (Lipinski definition) is 3. The predicted molar refractivity (Wildman–Crippen MR) is 87.2 cm³/mol. The van der Waals surface area contributed by atoms with Gasteiger partial charge in [-0.3, -0.25) is 4.90 Å². The molecule has 0 bridgehead atoms. The Labute approximate surface area is 136 Å². The van der Waals surface area contributed by atoms with Crippen molar-refractivity contribution in [3.8, 4) is 5.75 Å². The van der Waals surface area contributed by atoms with Crippen molar-refractivity contribution in [2.24, 2.45) is 17.6 Å². The van der Waals surface area contributed by atoms with Crippen LogP contribution in [-0.2, 0) is 0 Å². The lowest BCUT2D eigenvalue weighted by Crippen LogP contribution is -2.38. The fraction of sp³-hybridized carbons (Fsp3) is 0.625. The summed E-state index contributed by atoms with van der Waals surface area (Å²) in [6, 6.07) is 5.80. The highest BCUT2D eigenvalue weighted by Gasteiger charge is 2.38. The third kappa shape index (κ3) is 3.48. The molecule has 3 nitrogen and oxygen atoms in total. The molecule has 2 fully saturated rings. The van der Waals surface area contributed by atoms with Gasteiger partial charge in [0.25, 0.3) is 0 Å². The van der Waals surface area contributed by atoms with Gasteiger partial charge in [-0.2, -0.15) is 0 Å². The second-order valence-electron chi connectivity index (χ2n) is 6.18. The number of ether oxygens (including phenoxy) is 1. The van der Waals surface area contributed by atoms with Crippen LogP contribution in [0.15, 0.2) is 18.2 Å². The Morgan fingerprint density at radius 3 is 2.67 bits per heavy atom. The van der Waals surface area contributed by atoms with Crippen molar-refractivity contribution < 1.29 is 4.74 Å². The van der Waals surface area contributed by atoms with Crippen molar-refractivity contribution >= 4 is 23.2 Å². The van der Waals surface area contributed by atoms with Gasteiger partial charge in [-0.05, 0) is 36.8 Å². The molecule has 3 atom stereocenters. The van der Waals surface area contributed by atoms with Crippen LogP contribution >= 0.6 is 23.2 Å². The normalized spacial score (nSPS) is 29.4. The average molecular weight is 329 g/mol. The average Bonchev–Trinajstić information content (AvgIpc) is 2.86. The zero-order chi connectivity index (χ0) is 14.8. The highest BCUT2D eigenvalue weighted by molar-refractivity contribution is 6.37. The van der Waals surface area contributed by atoms with Crippen LogP contribution in [0.1, 0.15) is 19.3 Å². The molecular weight excluding hydrogens is 307 g/mol. The summed E-state index contributed by atoms with van der Waals surface area (Å²) in [6.45, 7) is 3.77. The van der Waals surface area contributed by atoms with E-state index >= 15 is 0 Å². The minimum Gasteiger partial charge on any atom is -0.489 e. The van der Waals surface area contributed by atoms with Gasteiger partial charge in [0.2, 0.25) is 0 Å². The van der Waals surface area contributed by atoms with Crippen molar-refractivity contribution in [1.29, 1.82) is 0 Å². The molecule has 2 N–H and O–H groups in total. The first kappa shape index (κ1) is 15.4. The third-order valence-corrected chi connectivity index (χ3v) is 5.40. The van der Waals surface area contributed by atoms with Gasteiger partial charge in [0.15, 0.2) is 5.75 Å². The van der Waals surface area contributed by atoms with Gasteiger partial charge in [-0.1, -0.05) is 35.7 Å². The molecule has 3 rings (SSSR count). The summed E-state index contributed by atoms with van der Waals surface area (Å²) in [4.78, 5) is 2.46. The van der Waals surface area contributed by atoms with E-state index < -0.39 is 0 Å². The van der Waals surface area contributed by atoms with Crippen molar-refractivity contribution in [1.82, 2.24) is 4.90 Å². The zero-order valence-electron chi connectivity index (χ0n) is 12.1. The largest absolute Gasteiger partial charge is 0.489 e. The lowest BCUT2D eigenvalue weighted by atomic mass is 9.78. The number of nitrogens with two attached hydrogens (primary N) is 1. The molecule has 1 aromatic carbocycles. The number of benzene rings is 1. The van der Waals surface area contributed by atoms with Crippen LogP contribution in [0, 0.1) is 11.8 Å². The minimum absolute atomic E-state index is 0.382. The molecule has 0 amide bonds. The van der Waals surface area contributed by atoms with Crippen LogP contribution in [0.3, 0.4) is 0 Å². The third-order valence-electron chi connectivity index (χ3n) is 4.80. The van der Waals surface area contributed by atoms with E-state index in [9.17, 15) is 0 Å². The molecule has 1 aromatic rings. The maximum atomic E-state index is 6.25. The predicted octanol–water partition coefficient (Wildman–Crippen LogP) is 3.43. The van der Waals surface area contributed by atoms with Gasteiger partial charge in [-0.25, -0.2) is 0 Å². The van der Waals surface area contributed by atoms with Crippen molar-refractivity contribution in [2.45, 2.75) is 25.3 Å². The van der Waals surface area contributed by atoms with Gasteiger partial charge < -0.3 is 10.5 Å². The fourth-order valence-electron chi connectivity index (χ4n) is 3.69. The Hall–Kier alpha value is -0.480. The lowest BCUT2D eigenvalue weighted by Gasteiger charge is -2.29. The molecule has 1 aliphatic heterocycles. The SMILES string of the molecule is NC1CCCC2CN(CCOc3c(Cl)cccc3Cl)CC12. The van der Waals surface area contributed by atoms with Gasteiger partial charge in [0.05, 0.1) is 10.0 Å². The van der Waals surface area contributed by atoms with Crippen LogP contribution in [0.2, 0.25) is 10.0 Å². The van der Waals surface area contributed by atoms with E-state index in [0.29, 0.717) is 34.4 Å². The number of para-hydroxylation sites is 1. The molecule has 1 aliphatic carbocycles. The molecule has 1 saturated carbocycles. The maximum absolute atomic E-state index is 6.25. The van der Waals surface area contributed by atoms with Crippen molar-refractivity contribution in [3.63, 3.8) is 0 Å². The monoisotopic (exact) mass is 328 g/mol. The highest BCUT2D eigenvalue weighted by atomic mass is 35.5. The molecule has 1 heterocycles. The Morgan fingerprint density at radius 2 is 1.95 bits per heavy atom. The summed E-state index contributed by atoms with van der Waals surface area (Å²) in [5.74, 6) is 2.04. The number of nitrogens with zero attached hydrogens (tertiary/aromatic N) is 1. The van der Waals surface area contributed by atoms with E-state index in [1.54, 1.807) is 12.1 Å². The molecule has 3 unspecified atom stereocenters. The second kappa shape index (κ2) is 6.74. The fourth-order valence-corrected chi connectivity index (χ4v) is 4.20. The van der Waals surface area contributed by atoms with Crippen molar-refractivity contribution in [2.75, 3.05) is 26.2 Å². The number of halogens is 2. The van der Waals surface area contributed by atoms with Crippen molar-refractivity contribution in [3.05, 3.63) is 28.2 Å². The zero-order valence-corrected chi connectivity index (χ0v) is 13.6. The summed E-state index contributed by atoms with van der Waals surface area (Å²) < 4.78 is 5.77. The van der Waals surface area contributed by atoms with Crippen LogP contribution < -0.4 is 10.5 Å². The second-order valence-corrected chi connectivity index (χ2v) is 6.99. The molecule has 116 valence electrons. The maximum Gasteiger partial charge on any atom is 0.156 e. The van der Waals surface area contributed by atoms with Gasteiger partial charge in [0, 0.05) is 25.7 Å². The topological polar surface area (TPSA) is 38.5 Å². The lowest BCUT2D eigenvalue weighted by molar-refractivity contribution is 0.230. The number of fused-ring (bicyclic) bond motifs is 1. The Balaban J connectivity index is 1.50. The Bertz CT molecular complexity index is 477. The van der Waals surface area contributed by atoms with E-state index in [1.807, 2.05) is 6.07 Å². The first-order valence-electron chi connectivity index (χ1n) is 7.70. The Morgan fingerprint density at radius 1 is 1.19 bits per heavy atom. The number of rotatable bonds is 4. The highest BCUT2D eigenvalue weighted by Crippen LogP contribution is 2.36. The summed E-state index contributed by atoms with van der Waals surface area (Å²) in [5.41, 5.74) is 6.25. The van der Waals surface area contributed by atoms with Crippen LogP contribution in [-0.4, -0.2) is 37.2 Å². The van der Waals surface area contributed by atoms with Crippen LogP contribution in [0.25, 0.3) is 0 Å². The molecule has 21 heavy (non-hydrogen) atoms. The Kier molecular flexibility index (Phi) is 4.95.